The van der Waals surface area contributed by atoms with Crippen LogP contribution in [0.4, 0.5) is 0 Å². The normalized spacial score (nSPS) is 11.7. The van der Waals surface area contributed by atoms with E-state index in [0.717, 1.165) is 11.5 Å². The van der Waals surface area contributed by atoms with Crippen molar-refractivity contribution >= 4 is 0 Å². The Morgan fingerprint density at radius 1 is 0.800 bits per heavy atom. The average molecular weight is 274 g/mol. The van der Waals surface area contributed by atoms with Gasteiger partial charge in [-0.1, -0.05) is 18.2 Å². The third-order valence-electron chi connectivity index (χ3n) is 2.69. The third kappa shape index (κ3) is 4.48. The number of para-hydroxylation sites is 1. The van der Waals surface area contributed by atoms with E-state index in [4.69, 9.17) is 14.2 Å². The molecule has 1 N–H and O–H groups in total. The highest BCUT2D eigenvalue weighted by molar-refractivity contribution is 5.31. The van der Waals surface area contributed by atoms with Gasteiger partial charge in [0.05, 0.1) is 7.11 Å². The van der Waals surface area contributed by atoms with Gasteiger partial charge >= 0.3 is 0 Å². The van der Waals surface area contributed by atoms with Gasteiger partial charge in [-0.2, -0.15) is 0 Å². The van der Waals surface area contributed by atoms with Crippen LogP contribution in [0.2, 0.25) is 0 Å². The van der Waals surface area contributed by atoms with E-state index in [2.05, 4.69) is 0 Å². The Kier molecular flexibility index (Phi) is 5.26. The maximum Gasteiger partial charge on any atom is 0.122 e. The molecule has 0 amide bonds. The minimum absolute atomic E-state index is 0.180. The van der Waals surface area contributed by atoms with Gasteiger partial charge in [0.15, 0.2) is 0 Å². The predicted molar refractivity (Wildman–Crippen MR) is 76.4 cm³/mol. The smallest absolute Gasteiger partial charge is 0.122 e. The van der Waals surface area contributed by atoms with Gasteiger partial charge in [-0.25, -0.2) is 0 Å². The SMILES string of the molecule is COc1ccc(OC[C@H](O)COc2ccccc2)cc1. The lowest BCUT2D eigenvalue weighted by Gasteiger charge is -2.13. The van der Waals surface area contributed by atoms with Crippen LogP contribution >= 0.6 is 0 Å². The standard InChI is InChI=1S/C16H18O4/c1-18-14-7-9-16(10-8-14)20-12-13(17)11-19-15-5-3-2-4-6-15/h2-10,13,17H,11-12H2,1H3/t13-/m1/s1. The summed E-state index contributed by atoms with van der Waals surface area (Å²) in [5.41, 5.74) is 0. The van der Waals surface area contributed by atoms with Gasteiger partial charge in [-0.05, 0) is 36.4 Å². The number of hydrogen-bond donors (Lipinski definition) is 1. The number of aliphatic hydroxyl groups excluding tert-OH is 1. The summed E-state index contributed by atoms with van der Waals surface area (Å²) in [6, 6.07) is 16.6. The van der Waals surface area contributed by atoms with Gasteiger partial charge < -0.3 is 19.3 Å². The zero-order valence-electron chi connectivity index (χ0n) is 11.4. The minimum Gasteiger partial charge on any atom is -0.497 e. The Labute approximate surface area is 118 Å². The zero-order chi connectivity index (χ0) is 14.2. The molecule has 2 rings (SSSR count). The molecule has 0 bridgehead atoms. The predicted octanol–water partition coefficient (Wildman–Crippen LogP) is 2.51. The minimum atomic E-state index is -0.683. The number of ether oxygens (including phenoxy) is 3. The van der Waals surface area contributed by atoms with Crippen molar-refractivity contribution in [3.63, 3.8) is 0 Å². The molecule has 2 aromatic carbocycles. The molecule has 0 unspecified atom stereocenters. The van der Waals surface area contributed by atoms with Crippen molar-refractivity contribution < 1.29 is 19.3 Å². The molecule has 0 radical (unpaired) electrons. The second-order valence-corrected chi connectivity index (χ2v) is 4.26. The van der Waals surface area contributed by atoms with E-state index in [0.29, 0.717) is 5.75 Å². The van der Waals surface area contributed by atoms with E-state index in [1.165, 1.54) is 0 Å². The summed E-state index contributed by atoms with van der Waals surface area (Å²) in [6.45, 7) is 0.374. The molecule has 1 atom stereocenters. The largest absolute Gasteiger partial charge is 0.497 e. The summed E-state index contributed by atoms with van der Waals surface area (Å²) in [6.07, 6.45) is -0.683. The molecule has 106 valence electrons. The number of methoxy groups -OCH3 is 1. The van der Waals surface area contributed by atoms with Gasteiger partial charge in [0.1, 0.15) is 36.6 Å². The molecule has 0 aliphatic carbocycles. The van der Waals surface area contributed by atoms with Crippen molar-refractivity contribution in [1.82, 2.24) is 0 Å². The van der Waals surface area contributed by atoms with Gasteiger partial charge in [0, 0.05) is 0 Å². The van der Waals surface area contributed by atoms with E-state index in [1.54, 1.807) is 19.2 Å². The van der Waals surface area contributed by atoms with Crippen molar-refractivity contribution in [2.24, 2.45) is 0 Å². The molecule has 0 fully saturated rings. The van der Waals surface area contributed by atoms with Gasteiger partial charge in [-0.15, -0.1) is 0 Å². The highest BCUT2D eigenvalue weighted by Crippen LogP contribution is 2.17. The van der Waals surface area contributed by atoms with Crippen LogP contribution in [-0.4, -0.2) is 31.5 Å². The molecule has 4 heteroatoms. The lowest BCUT2D eigenvalue weighted by molar-refractivity contribution is 0.0626. The molecule has 0 aliphatic rings. The quantitative estimate of drug-likeness (QED) is 0.842. The third-order valence-corrected chi connectivity index (χ3v) is 2.69. The summed E-state index contributed by atoms with van der Waals surface area (Å²) >= 11 is 0. The molecule has 0 aromatic heterocycles. The van der Waals surface area contributed by atoms with Crippen molar-refractivity contribution in [3.05, 3.63) is 54.6 Å². The zero-order valence-corrected chi connectivity index (χ0v) is 11.4. The number of benzene rings is 2. The van der Waals surface area contributed by atoms with Crippen LogP contribution < -0.4 is 14.2 Å². The average Bonchev–Trinajstić information content (AvgIpc) is 2.52. The highest BCUT2D eigenvalue weighted by atomic mass is 16.5. The Balaban J connectivity index is 1.73. The first kappa shape index (κ1) is 14.2. The maximum absolute atomic E-state index is 9.80. The van der Waals surface area contributed by atoms with Crippen molar-refractivity contribution in [2.75, 3.05) is 20.3 Å². The number of rotatable bonds is 7. The molecule has 0 heterocycles. The molecule has 0 saturated heterocycles. The van der Waals surface area contributed by atoms with Crippen molar-refractivity contribution in [1.29, 1.82) is 0 Å². The Hall–Kier alpha value is -2.20. The fourth-order valence-corrected chi connectivity index (χ4v) is 1.62. The van der Waals surface area contributed by atoms with Crippen LogP contribution in [0, 0.1) is 0 Å². The van der Waals surface area contributed by atoms with E-state index < -0.39 is 6.10 Å². The van der Waals surface area contributed by atoms with E-state index in [-0.39, 0.29) is 13.2 Å². The van der Waals surface area contributed by atoms with Gasteiger partial charge in [0.25, 0.3) is 0 Å². The first-order valence-electron chi connectivity index (χ1n) is 6.40. The molecule has 0 aliphatic heterocycles. The number of aliphatic hydroxyl groups is 1. The van der Waals surface area contributed by atoms with E-state index in [1.807, 2.05) is 42.5 Å². The van der Waals surface area contributed by atoms with Gasteiger partial charge in [-0.3, -0.25) is 0 Å². The summed E-state index contributed by atoms with van der Waals surface area (Å²) in [5.74, 6) is 2.19. The summed E-state index contributed by atoms with van der Waals surface area (Å²) in [4.78, 5) is 0. The monoisotopic (exact) mass is 274 g/mol. The first-order chi connectivity index (χ1) is 9.78. The fraction of sp³-hybridized carbons (Fsp3) is 0.250. The molecular formula is C16H18O4. The van der Waals surface area contributed by atoms with Crippen LogP contribution in [0.1, 0.15) is 0 Å². The van der Waals surface area contributed by atoms with Gasteiger partial charge in [0.2, 0.25) is 0 Å². The lowest BCUT2D eigenvalue weighted by atomic mass is 10.3. The lowest BCUT2D eigenvalue weighted by Crippen LogP contribution is -2.25. The Morgan fingerprint density at radius 3 is 1.85 bits per heavy atom. The molecule has 0 spiro atoms. The topological polar surface area (TPSA) is 47.9 Å². The molecule has 20 heavy (non-hydrogen) atoms. The van der Waals surface area contributed by atoms with Crippen LogP contribution in [0.15, 0.2) is 54.6 Å². The fourth-order valence-electron chi connectivity index (χ4n) is 1.62. The Morgan fingerprint density at radius 2 is 1.30 bits per heavy atom. The van der Waals surface area contributed by atoms with E-state index >= 15 is 0 Å². The molecule has 0 saturated carbocycles. The number of hydrogen-bond acceptors (Lipinski definition) is 4. The second kappa shape index (κ2) is 7.40. The summed E-state index contributed by atoms with van der Waals surface area (Å²) < 4.78 is 16.0. The van der Waals surface area contributed by atoms with E-state index in [9.17, 15) is 5.11 Å². The Bertz CT molecular complexity index is 496. The molecule has 2 aromatic rings. The van der Waals surface area contributed by atoms with Crippen LogP contribution in [-0.2, 0) is 0 Å². The second-order valence-electron chi connectivity index (χ2n) is 4.26. The maximum atomic E-state index is 9.80. The summed E-state index contributed by atoms with van der Waals surface area (Å²) in [5, 5.41) is 9.80. The summed E-state index contributed by atoms with van der Waals surface area (Å²) in [7, 11) is 1.61. The van der Waals surface area contributed by atoms with Crippen LogP contribution in [0.3, 0.4) is 0 Å². The molecule has 4 nitrogen and oxygen atoms in total. The first-order valence-corrected chi connectivity index (χ1v) is 6.40. The van der Waals surface area contributed by atoms with Crippen LogP contribution in [0.5, 0.6) is 17.2 Å². The highest BCUT2D eigenvalue weighted by Gasteiger charge is 2.06. The van der Waals surface area contributed by atoms with Crippen molar-refractivity contribution in [3.8, 4) is 17.2 Å². The van der Waals surface area contributed by atoms with Crippen molar-refractivity contribution in [2.45, 2.75) is 6.10 Å². The van der Waals surface area contributed by atoms with Crippen LogP contribution in [0.25, 0.3) is 0 Å². The molecular weight excluding hydrogens is 256 g/mol.